The molecular formula is C28H34N2O5. The summed E-state index contributed by atoms with van der Waals surface area (Å²) in [4.78, 5) is 37.8. The number of alkyl carbamates (subject to hydrolysis) is 1. The van der Waals surface area contributed by atoms with Crippen molar-refractivity contribution >= 4 is 18.0 Å². The topological polar surface area (TPSA) is 105 Å². The number of carbonyl (C=O) groups excluding carboxylic acids is 2. The Kier molecular flexibility index (Phi) is 7.43. The molecule has 0 radical (unpaired) electrons. The fourth-order valence-electron chi connectivity index (χ4n) is 5.31. The average Bonchev–Trinajstić information content (AvgIpc) is 3.17. The highest BCUT2D eigenvalue weighted by Gasteiger charge is 2.43. The van der Waals surface area contributed by atoms with Crippen LogP contribution in [0.1, 0.15) is 69.4 Å². The Morgan fingerprint density at radius 2 is 1.60 bits per heavy atom. The van der Waals surface area contributed by atoms with E-state index in [2.05, 4.69) is 29.7 Å². The zero-order valence-electron chi connectivity index (χ0n) is 20.4. The lowest BCUT2D eigenvalue weighted by atomic mass is 9.77. The highest BCUT2D eigenvalue weighted by molar-refractivity contribution is 5.91. The fraction of sp³-hybridized carbons (Fsp3) is 0.464. The normalized spacial score (nSPS) is 21.9. The minimum Gasteiger partial charge on any atom is -0.480 e. The van der Waals surface area contributed by atoms with Gasteiger partial charge in [0, 0.05) is 5.92 Å². The molecule has 0 spiro atoms. The minimum atomic E-state index is -1.28. The van der Waals surface area contributed by atoms with Gasteiger partial charge in [-0.25, -0.2) is 9.59 Å². The van der Waals surface area contributed by atoms with Gasteiger partial charge >= 0.3 is 12.1 Å². The van der Waals surface area contributed by atoms with Crippen molar-refractivity contribution in [3.8, 4) is 11.1 Å². The van der Waals surface area contributed by atoms with Gasteiger partial charge in [0.05, 0.1) is 0 Å². The summed E-state index contributed by atoms with van der Waals surface area (Å²) in [6.07, 6.45) is 2.62. The third-order valence-electron chi connectivity index (χ3n) is 7.43. The van der Waals surface area contributed by atoms with Crippen LogP contribution in [0.3, 0.4) is 0 Å². The maximum absolute atomic E-state index is 13.1. The molecule has 1 atom stereocenters. The zero-order chi connectivity index (χ0) is 25.0. The van der Waals surface area contributed by atoms with Crippen molar-refractivity contribution in [2.45, 2.75) is 69.9 Å². The minimum absolute atomic E-state index is 0.0777. The van der Waals surface area contributed by atoms with Crippen LogP contribution in [0, 0.1) is 5.92 Å². The summed E-state index contributed by atoms with van der Waals surface area (Å²) in [7, 11) is 0. The van der Waals surface area contributed by atoms with Gasteiger partial charge in [0.1, 0.15) is 18.2 Å². The SMILES string of the molecule is CCCC(NC(=O)OCC1c2ccccc2-c2ccccc21)C(=O)NC1(C(=O)O)CCC(C)CC1. The first-order valence-electron chi connectivity index (χ1n) is 12.5. The van der Waals surface area contributed by atoms with Crippen LogP contribution in [0.2, 0.25) is 0 Å². The van der Waals surface area contributed by atoms with Crippen LogP contribution < -0.4 is 10.6 Å². The second-order valence-corrected chi connectivity index (χ2v) is 9.87. The maximum atomic E-state index is 13.1. The molecule has 2 aliphatic rings. The van der Waals surface area contributed by atoms with Gasteiger partial charge in [0.25, 0.3) is 0 Å². The lowest BCUT2D eigenvalue weighted by Crippen LogP contribution is -2.60. The number of rotatable bonds is 8. The standard InChI is InChI=1S/C28H34N2O5/c1-3-8-24(25(31)30-28(26(32)33)15-13-18(2)14-16-28)29-27(34)35-17-23-21-11-6-4-9-19(21)20-10-5-7-12-22(20)23/h4-7,9-12,18,23-24H,3,8,13-17H2,1-2H3,(H,29,34)(H,30,31)(H,32,33). The summed E-state index contributed by atoms with van der Waals surface area (Å²) in [5, 5.41) is 15.3. The number of carboxylic acid groups (broad SMARTS) is 1. The molecule has 2 aromatic carbocycles. The van der Waals surface area contributed by atoms with Crippen LogP contribution in [0.5, 0.6) is 0 Å². The van der Waals surface area contributed by atoms with Crippen LogP contribution in [-0.2, 0) is 14.3 Å². The van der Waals surface area contributed by atoms with E-state index in [1.54, 1.807) is 0 Å². The predicted molar refractivity (Wildman–Crippen MR) is 133 cm³/mol. The summed E-state index contributed by atoms with van der Waals surface area (Å²) in [6.45, 7) is 4.15. The molecule has 1 saturated carbocycles. The summed E-state index contributed by atoms with van der Waals surface area (Å²) < 4.78 is 5.60. The zero-order valence-corrected chi connectivity index (χ0v) is 20.4. The van der Waals surface area contributed by atoms with E-state index in [1.165, 1.54) is 0 Å². The molecule has 0 saturated heterocycles. The quantitative estimate of drug-likeness (QED) is 0.503. The van der Waals surface area contributed by atoms with Crippen molar-refractivity contribution in [1.29, 1.82) is 0 Å². The number of amides is 2. The fourth-order valence-corrected chi connectivity index (χ4v) is 5.31. The number of nitrogens with one attached hydrogen (secondary N) is 2. The molecule has 7 heteroatoms. The summed E-state index contributed by atoms with van der Waals surface area (Å²) in [6, 6.07) is 15.3. The Bertz CT molecular complexity index is 1040. The molecule has 3 N–H and O–H groups in total. The molecule has 2 aromatic rings. The molecular weight excluding hydrogens is 444 g/mol. The van der Waals surface area contributed by atoms with Crippen LogP contribution in [0.4, 0.5) is 4.79 Å². The van der Waals surface area contributed by atoms with E-state index in [1.807, 2.05) is 43.3 Å². The van der Waals surface area contributed by atoms with E-state index < -0.39 is 29.6 Å². The number of ether oxygens (including phenoxy) is 1. The van der Waals surface area contributed by atoms with Gasteiger partial charge in [-0.1, -0.05) is 68.8 Å². The lowest BCUT2D eigenvalue weighted by molar-refractivity contribution is -0.150. The van der Waals surface area contributed by atoms with Crippen LogP contribution in [0.15, 0.2) is 48.5 Å². The smallest absolute Gasteiger partial charge is 0.407 e. The first-order chi connectivity index (χ1) is 16.8. The predicted octanol–water partition coefficient (Wildman–Crippen LogP) is 4.84. The number of hydrogen-bond donors (Lipinski definition) is 3. The first-order valence-corrected chi connectivity index (χ1v) is 12.5. The third kappa shape index (κ3) is 5.19. The number of fused-ring (bicyclic) bond motifs is 3. The van der Waals surface area contributed by atoms with Crippen molar-refractivity contribution in [2.75, 3.05) is 6.61 Å². The first kappa shape index (κ1) is 24.8. The van der Waals surface area contributed by atoms with E-state index in [4.69, 9.17) is 4.74 Å². The Hall–Kier alpha value is -3.35. The molecule has 0 bridgehead atoms. The Morgan fingerprint density at radius 1 is 1.03 bits per heavy atom. The molecule has 2 amide bonds. The van der Waals surface area contributed by atoms with Gasteiger partial charge in [-0.2, -0.15) is 0 Å². The largest absolute Gasteiger partial charge is 0.480 e. The van der Waals surface area contributed by atoms with Gasteiger partial charge in [-0.3, -0.25) is 4.79 Å². The molecule has 0 aliphatic heterocycles. The number of benzene rings is 2. The number of aliphatic carboxylic acids is 1. The van der Waals surface area contributed by atoms with E-state index in [-0.39, 0.29) is 12.5 Å². The molecule has 35 heavy (non-hydrogen) atoms. The van der Waals surface area contributed by atoms with E-state index >= 15 is 0 Å². The molecule has 0 aromatic heterocycles. The lowest BCUT2D eigenvalue weighted by Gasteiger charge is -2.37. The second-order valence-electron chi connectivity index (χ2n) is 9.87. The van der Waals surface area contributed by atoms with Gasteiger partial charge in [0.2, 0.25) is 5.91 Å². The molecule has 1 fully saturated rings. The van der Waals surface area contributed by atoms with Crippen LogP contribution in [0.25, 0.3) is 11.1 Å². The van der Waals surface area contributed by atoms with Gasteiger partial charge in [-0.15, -0.1) is 0 Å². The van der Waals surface area contributed by atoms with Crippen molar-refractivity contribution < 1.29 is 24.2 Å². The molecule has 186 valence electrons. The molecule has 2 aliphatic carbocycles. The van der Waals surface area contributed by atoms with E-state index in [0.29, 0.717) is 31.6 Å². The number of carbonyl (C=O) groups is 3. The summed E-state index contributed by atoms with van der Waals surface area (Å²) >= 11 is 0. The van der Waals surface area contributed by atoms with Crippen molar-refractivity contribution in [2.24, 2.45) is 5.92 Å². The van der Waals surface area contributed by atoms with E-state index in [9.17, 15) is 19.5 Å². The maximum Gasteiger partial charge on any atom is 0.407 e. The number of carboxylic acids is 1. The van der Waals surface area contributed by atoms with E-state index in [0.717, 1.165) is 35.1 Å². The van der Waals surface area contributed by atoms with Crippen molar-refractivity contribution in [3.63, 3.8) is 0 Å². The monoisotopic (exact) mass is 478 g/mol. The van der Waals surface area contributed by atoms with Gasteiger partial charge in [-0.05, 0) is 60.3 Å². The average molecular weight is 479 g/mol. The molecule has 7 nitrogen and oxygen atoms in total. The summed E-state index contributed by atoms with van der Waals surface area (Å²) in [5.41, 5.74) is 3.22. The van der Waals surface area contributed by atoms with Crippen molar-refractivity contribution in [3.05, 3.63) is 59.7 Å². The van der Waals surface area contributed by atoms with Gasteiger partial charge < -0.3 is 20.5 Å². The highest BCUT2D eigenvalue weighted by atomic mass is 16.5. The Balaban J connectivity index is 1.40. The Morgan fingerprint density at radius 3 is 2.14 bits per heavy atom. The van der Waals surface area contributed by atoms with Crippen LogP contribution in [-0.4, -0.2) is 41.3 Å². The highest BCUT2D eigenvalue weighted by Crippen LogP contribution is 2.44. The Labute approximate surface area is 206 Å². The number of hydrogen-bond acceptors (Lipinski definition) is 4. The molecule has 1 unspecified atom stereocenters. The molecule has 4 rings (SSSR count). The van der Waals surface area contributed by atoms with Gasteiger partial charge in [0.15, 0.2) is 0 Å². The second kappa shape index (κ2) is 10.5. The van der Waals surface area contributed by atoms with Crippen molar-refractivity contribution in [1.82, 2.24) is 10.6 Å². The van der Waals surface area contributed by atoms with Crippen LogP contribution >= 0.6 is 0 Å². The molecule has 0 heterocycles. The third-order valence-corrected chi connectivity index (χ3v) is 7.43. The summed E-state index contributed by atoms with van der Waals surface area (Å²) in [5.74, 6) is -1.14.